The summed E-state index contributed by atoms with van der Waals surface area (Å²) in [6.07, 6.45) is 0. The number of carbonyl (C=O) groups excluding carboxylic acids is 1. The number of thiophene rings is 1. The Bertz CT molecular complexity index is 1540. The maximum Gasteiger partial charge on any atom is 0.268 e. The highest BCUT2D eigenvalue weighted by molar-refractivity contribution is 7.99. The second kappa shape index (κ2) is 9.41. The lowest BCUT2D eigenvalue weighted by atomic mass is 10.0. The number of hydrogen-bond acceptors (Lipinski definition) is 5. The molecule has 0 spiro atoms. The molecule has 0 radical (unpaired) electrons. The van der Waals surface area contributed by atoms with E-state index in [2.05, 4.69) is 0 Å². The van der Waals surface area contributed by atoms with Gasteiger partial charge in [0.05, 0.1) is 16.8 Å². The topological polar surface area (TPSA) is 52.0 Å². The molecule has 0 N–H and O–H groups in total. The van der Waals surface area contributed by atoms with Gasteiger partial charge in [0.15, 0.2) is 10.9 Å². The summed E-state index contributed by atoms with van der Waals surface area (Å²) < 4.78 is 1.63. The van der Waals surface area contributed by atoms with Crippen molar-refractivity contribution >= 4 is 39.1 Å². The summed E-state index contributed by atoms with van der Waals surface area (Å²) >= 11 is 2.81. The molecule has 0 saturated heterocycles. The van der Waals surface area contributed by atoms with E-state index in [9.17, 15) is 9.59 Å². The summed E-state index contributed by atoms with van der Waals surface area (Å²) in [5.41, 5.74) is 4.30. The fourth-order valence-corrected chi connectivity index (χ4v) is 5.94. The fourth-order valence-electron chi connectivity index (χ4n) is 3.95. The Morgan fingerprint density at radius 1 is 0.912 bits per heavy atom. The predicted octanol–water partition coefficient (Wildman–Crippen LogP) is 6.71. The molecule has 0 amide bonds. The molecule has 4 nitrogen and oxygen atoms in total. The van der Waals surface area contributed by atoms with E-state index in [0.717, 1.165) is 27.3 Å². The Morgan fingerprint density at radius 3 is 2.24 bits per heavy atom. The maximum absolute atomic E-state index is 13.9. The number of carbonyl (C=O) groups is 1. The molecule has 6 heteroatoms. The van der Waals surface area contributed by atoms with Crippen molar-refractivity contribution in [3.63, 3.8) is 0 Å². The van der Waals surface area contributed by atoms with Crippen LogP contribution in [0.5, 0.6) is 0 Å². The average molecular weight is 483 g/mol. The van der Waals surface area contributed by atoms with E-state index in [-0.39, 0.29) is 17.1 Å². The van der Waals surface area contributed by atoms with Gasteiger partial charge in [-0.2, -0.15) is 0 Å². The van der Waals surface area contributed by atoms with Crippen molar-refractivity contribution < 1.29 is 4.79 Å². The van der Waals surface area contributed by atoms with Gasteiger partial charge in [-0.05, 0) is 31.5 Å². The minimum Gasteiger partial charge on any atom is -0.293 e. The highest BCUT2D eigenvalue weighted by atomic mass is 32.2. The lowest BCUT2D eigenvalue weighted by Crippen LogP contribution is -2.22. The molecule has 5 aromatic rings. The summed E-state index contributed by atoms with van der Waals surface area (Å²) in [4.78, 5) is 33.4. The summed E-state index contributed by atoms with van der Waals surface area (Å²) in [6.45, 7) is 4.02. The van der Waals surface area contributed by atoms with Gasteiger partial charge in [0.2, 0.25) is 0 Å². The zero-order valence-electron chi connectivity index (χ0n) is 18.8. The van der Waals surface area contributed by atoms with Gasteiger partial charge in [0.25, 0.3) is 5.56 Å². The molecule has 2 heterocycles. The van der Waals surface area contributed by atoms with Crippen molar-refractivity contribution in [1.29, 1.82) is 0 Å². The molecule has 3 aromatic carbocycles. The van der Waals surface area contributed by atoms with Gasteiger partial charge in [-0.25, -0.2) is 4.98 Å². The molecule has 0 aliphatic rings. The number of aryl methyl sites for hydroxylation is 2. The molecule has 0 saturated carbocycles. The smallest absolute Gasteiger partial charge is 0.268 e. The van der Waals surface area contributed by atoms with Gasteiger partial charge in [0.1, 0.15) is 4.83 Å². The largest absolute Gasteiger partial charge is 0.293 e. The van der Waals surface area contributed by atoms with Crippen molar-refractivity contribution in [2.45, 2.75) is 19.0 Å². The van der Waals surface area contributed by atoms with Crippen LogP contribution in [-0.2, 0) is 0 Å². The minimum absolute atomic E-state index is 0.00583. The number of benzene rings is 3. The van der Waals surface area contributed by atoms with E-state index >= 15 is 0 Å². The highest BCUT2D eigenvalue weighted by Gasteiger charge is 2.21. The molecule has 168 valence electrons. The van der Waals surface area contributed by atoms with Gasteiger partial charge in [0, 0.05) is 16.0 Å². The van der Waals surface area contributed by atoms with Gasteiger partial charge in [-0.3, -0.25) is 14.2 Å². The zero-order valence-corrected chi connectivity index (χ0v) is 20.5. The number of ketones is 1. The molecule has 0 unspecified atom stereocenters. The molecule has 5 rings (SSSR count). The first-order valence-corrected chi connectivity index (χ1v) is 12.7. The first-order valence-electron chi connectivity index (χ1n) is 10.9. The first kappa shape index (κ1) is 22.3. The normalized spacial score (nSPS) is 11.1. The van der Waals surface area contributed by atoms with Crippen LogP contribution in [0.2, 0.25) is 0 Å². The van der Waals surface area contributed by atoms with Gasteiger partial charge in [-0.15, -0.1) is 11.3 Å². The van der Waals surface area contributed by atoms with Gasteiger partial charge < -0.3 is 0 Å². The van der Waals surface area contributed by atoms with E-state index in [1.165, 1.54) is 23.1 Å². The lowest BCUT2D eigenvalue weighted by Gasteiger charge is -2.12. The summed E-state index contributed by atoms with van der Waals surface area (Å²) in [6, 6.07) is 27.0. The molecular formula is C28H22N2O2S2. The van der Waals surface area contributed by atoms with Crippen molar-refractivity contribution in [3.8, 4) is 16.8 Å². The van der Waals surface area contributed by atoms with Gasteiger partial charge in [-0.1, -0.05) is 90.1 Å². The molecule has 0 aliphatic heterocycles. The number of fused-ring (bicyclic) bond motifs is 1. The average Bonchev–Trinajstić information content (AvgIpc) is 3.20. The van der Waals surface area contributed by atoms with Crippen LogP contribution in [-0.4, -0.2) is 21.1 Å². The number of Topliss-reactive ketones (excluding diaryl/α,β-unsaturated/α-hetero) is 1. The number of hydrogen-bond donors (Lipinski definition) is 0. The Balaban J connectivity index is 1.63. The van der Waals surface area contributed by atoms with Crippen molar-refractivity contribution in [1.82, 2.24) is 9.55 Å². The Kier molecular flexibility index (Phi) is 6.18. The summed E-state index contributed by atoms with van der Waals surface area (Å²) in [7, 11) is 0. The summed E-state index contributed by atoms with van der Waals surface area (Å²) in [5, 5.41) is 1.14. The second-order valence-corrected chi connectivity index (χ2v) is 10.2. The molecule has 0 fully saturated rings. The van der Waals surface area contributed by atoms with Crippen molar-refractivity contribution in [3.05, 3.63) is 111 Å². The quantitative estimate of drug-likeness (QED) is 0.153. The van der Waals surface area contributed by atoms with E-state index in [1.807, 2.05) is 98.8 Å². The highest BCUT2D eigenvalue weighted by Crippen LogP contribution is 2.37. The number of para-hydroxylation sites is 1. The number of aromatic nitrogens is 2. The minimum atomic E-state index is -0.121. The predicted molar refractivity (Wildman–Crippen MR) is 142 cm³/mol. The van der Waals surface area contributed by atoms with E-state index in [1.54, 1.807) is 4.57 Å². The third-order valence-corrected chi connectivity index (χ3v) is 7.59. The van der Waals surface area contributed by atoms with Crippen LogP contribution in [0.3, 0.4) is 0 Å². The van der Waals surface area contributed by atoms with E-state index < -0.39 is 0 Å². The van der Waals surface area contributed by atoms with Gasteiger partial charge >= 0.3 is 0 Å². The molecule has 0 aliphatic carbocycles. The fraction of sp³-hybridized carbons (Fsp3) is 0.107. The standard InChI is InChI=1S/C28H22N2O2S2/c1-18-13-15-20(16-14-18)23(31)17-33-28-29-26-25(27(32)30(28)22-11-7-4-8-12-22)24(19(2)34-26)21-9-5-3-6-10-21/h3-16H,17H2,1-2H3. The maximum atomic E-state index is 13.9. The van der Waals surface area contributed by atoms with Crippen LogP contribution in [0.1, 0.15) is 20.8 Å². The Morgan fingerprint density at radius 2 is 1.56 bits per heavy atom. The van der Waals surface area contributed by atoms with Crippen molar-refractivity contribution in [2.24, 2.45) is 0 Å². The third kappa shape index (κ3) is 4.22. The third-order valence-electron chi connectivity index (χ3n) is 5.65. The van der Waals surface area contributed by atoms with Crippen LogP contribution in [0.25, 0.3) is 27.0 Å². The lowest BCUT2D eigenvalue weighted by molar-refractivity contribution is 0.102. The van der Waals surface area contributed by atoms with Crippen LogP contribution in [0.4, 0.5) is 0 Å². The molecule has 2 aromatic heterocycles. The van der Waals surface area contributed by atoms with E-state index in [0.29, 0.717) is 20.9 Å². The molecular weight excluding hydrogens is 460 g/mol. The first-order chi connectivity index (χ1) is 16.5. The Labute approximate surface area is 205 Å². The molecule has 0 atom stereocenters. The molecule has 0 bridgehead atoms. The second-order valence-electron chi connectivity index (χ2n) is 8.03. The number of rotatable bonds is 6. The monoisotopic (exact) mass is 482 g/mol. The van der Waals surface area contributed by atoms with Crippen LogP contribution < -0.4 is 5.56 Å². The number of thioether (sulfide) groups is 1. The summed E-state index contributed by atoms with van der Waals surface area (Å²) in [5.74, 6) is 0.204. The van der Waals surface area contributed by atoms with Crippen LogP contribution >= 0.6 is 23.1 Å². The Hall–Kier alpha value is -3.48. The number of nitrogens with zero attached hydrogens (tertiary/aromatic N) is 2. The van der Waals surface area contributed by atoms with E-state index in [4.69, 9.17) is 4.98 Å². The van der Waals surface area contributed by atoms with Crippen molar-refractivity contribution in [2.75, 3.05) is 5.75 Å². The SMILES string of the molecule is Cc1ccc(C(=O)CSc2nc3sc(C)c(-c4ccccc4)c3c(=O)n2-c2ccccc2)cc1. The zero-order chi connectivity index (χ0) is 23.7. The van der Waals surface area contributed by atoms with Crippen LogP contribution in [0, 0.1) is 13.8 Å². The molecule has 34 heavy (non-hydrogen) atoms. The van der Waals surface area contributed by atoms with Crippen LogP contribution in [0.15, 0.2) is 94.9 Å².